The molecule has 1 amide bonds. The van der Waals surface area contributed by atoms with Crippen LogP contribution in [-0.2, 0) is 18.3 Å². The number of aryl methyl sites for hydroxylation is 2. The lowest BCUT2D eigenvalue weighted by atomic mass is 9.95. The summed E-state index contributed by atoms with van der Waals surface area (Å²) in [5, 5.41) is 25.0. The third-order valence-corrected chi connectivity index (χ3v) is 6.35. The molecular weight excluding hydrogens is 496 g/mol. The number of aromatic nitrogens is 4. The van der Waals surface area contributed by atoms with Crippen molar-refractivity contribution >= 4 is 16.9 Å². The van der Waals surface area contributed by atoms with Crippen LogP contribution in [-0.4, -0.2) is 37.8 Å². The third-order valence-electron chi connectivity index (χ3n) is 6.35. The summed E-state index contributed by atoms with van der Waals surface area (Å²) < 4.78 is 13.1. The van der Waals surface area contributed by atoms with Gasteiger partial charge in [-0.1, -0.05) is 6.07 Å². The van der Waals surface area contributed by atoms with E-state index in [-0.39, 0.29) is 18.2 Å². The van der Waals surface area contributed by atoms with Gasteiger partial charge in [-0.25, -0.2) is 9.89 Å². The van der Waals surface area contributed by atoms with Gasteiger partial charge < -0.3 is 14.8 Å². The Balaban J connectivity index is 1.58. The maximum absolute atomic E-state index is 12.6. The standard InChI is InChI=1S/C29H30N6O4/c1-16-10-21(22(13-30)25(11-16)38-18-7-8-18)26-23(14-32-35(26)5)17-6-9-19-20(12-17)24(33-34-27(19)36)15-31-28(37)39-29(2,3)4/h6,9-12,14,18H,7-8,15H2,1-5H3,(H,31,37)(H,34,36). The number of aromatic amines is 1. The second-order valence-corrected chi connectivity index (χ2v) is 10.8. The molecule has 200 valence electrons. The largest absolute Gasteiger partial charge is 0.489 e. The molecule has 0 spiro atoms. The van der Waals surface area contributed by atoms with E-state index in [1.54, 1.807) is 37.7 Å². The summed E-state index contributed by atoms with van der Waals surface area (Å²) in [4.78, 5) is 24.8. The first-order valence-corrected chi connectivity index (χ1v) is 12.8. The lowest BCUT2D eigenvalue weighted by molar-refractivity contribution is 0.0523. The topological polar surface area (TPSA) is 135 Å². The van der Waals surface area contributed by atoms with Crippen molar-refractivity contribution < 1.29 is 14.3 Å². The van der Waals surface area contributed by atoms with Crippen LogP contribution in [0.1, 0.15) is 50.4 Å². The Labute approximate surface area is 225 Å². The number of benzene rings is 2. The van der Waals surface area contributed by atoms with Gasteiger partial charge in [0.25, 0.3) is 5.56 Å². The Bertz CT molecular complexity index is 1690. The highest BCUT2D eigenvalue weighted by Crippen LogP contribution is 2.40. The molecule has 10 nitrogen and oxygen atoms in total. The van der Waals surface area contributed by atoms with Crippen molar-refractivity contribution in [2.75, 3.05) is 0 Å². The number of ether oxygens (including phenoxy) is 2. The molecule has 2 N–H and O–H groups in total. The first kappa shape index (κ1) is 26.0. The van der Waals surface area contributed by atoms with Gasteiger partial charge in [-0.05, 0) is 75.9 Å². The van der Waals surface area contributed by atoms with Crippen LogP contribution in [0.5, 0.6) is 5.75 Å². The Hall–Kier alpha value is -4.65. The number of carbonyl (C=O) groups excluding carboxylic acids is 1. The van der Waals surface area contributed by atoms with E-state index in [0.29, 0.717) is 27.8 Å². The van der Waals surface area contributed by atoms with Crippen molar-refractivity contribution in [2.24, 2.45) is 7.05 Å². The van der Waals surface area contributed by atoms with Crippen molar-refractivity contribution in [2.45, 2.75) is 58.8 Å². The van der Waals surface area contributed by atoms with Crippen molar-refractivity contribution in [3.05, 3.63) is 63.7 Å². The van der Waals surface area contributed by atoms with Gasteiger partial charge in [0.1, 0.15) is 23.0 Å². The molecule has 5 rings (SSSR count). The predicted octanol–water partition coefficient (Wildman–Crippen LogP) is 4.74. The first-order chi connectivity index (χ1) is 18.5. The van der Waals surface area contributed by atoms with Gasteiger partial charge in [-0.3, -0.25) is 9.48 Å². The Kier molecular flexibility index (Phi) is 6.60. The second kappa shape index (κ2) is 9.91. The number of amides is 1. The van der Waals surface area contributed by atoms with Crippen LogP contribution < -0.4 is 15.6 Å². The maximum Gasteiger partial charge on any atom is 0.407 e. The van der Waals surface area contributed by atoms with Crippen LogP contribution in [0.2, 0.25) is 0 Å². The number of alkyl carbamates (subject to hydrolysis) is 1. The molecule has 2 heterocycles. The van der Waals surface area contributed by atoms with E-state index in [4.69, 9.17) is 9.47 Å². The molecule has 0 radical (unpaired) electrons. The summed E-state index contributed by atoms with van der Waals surface area (Å²) in [5.74, 6) is 0.576. The van der Waals surface area contributed by atoms with Gasteiger partial charge in [0.2, 0.25) is 0 Å². The van der Waals surface area contributed by atoms with E-state index in [0.717, 1.165) is 40.8 Å². The molecule has 10 heteroatoms. The van der Waals surface area contributed by atoms with E-state index in [1.165, 1.54) is 0 Å². The van der Waals surface area contributed by atoms with Crippen LogP contribution in [0.15, 0.2) is 41.3 Å². The molecule has 1 aliphatic carbocycles. The SMILES string of the molecule is Cc1cc(OC2CC2)c(C#N)c(-c2c(-c3ccc4c(=O)[nH]nc(CNC(=O)OC(C)(C)C)c4c3)cnn2C)c1. The van der Waals surface area contributed by atoms with Crippen LogP contribution in [0, 0.1) is 18.3 Å². The summed E-state index contributed by atoms with van der Waals surface area (Å²) in [6.45, 7) is 7.38. The highest BCUT2D eigenvalue weighted by Gasteiger charge is 2.27. The number of hydrogen-bond acceptors (Lipinski definition) is 7. The number of fused-ring (bicyclic) bond motifs is 1. The van der Waals surface area contributed by atoms with Gasteiger partial charge in [0.15, 0.2) is 0 Å². The smallest absolute Gasteiger partial charge is 0.407 e. The molecule has 1 saturated carbocycles. The molecule has 0 unspecified atom stereocenters. The highest BCUT2D eigenvalue weighted by atomic mass is 16.6. The van der Waals surface area contributed by atoms with Gasteiger partial charge in [0, 0.05) is 23.6 Å². The fourth-order valence-electron chi connectivity index (χ4n) is 4.47. The van der Waals surface area contributed by atoms with Gasteiger partial charge in [-0.15, -0.1) is 0 Å². The van der Waals surface area contributed by atoms with E-state index in [9.17, 15) is 14.9 Å². The maximum atomic E-state index is 12.6. The quantitative estimate of drug-likeness (QED) is 0.371. The second-order valence-electron chi connectivity index (χ2n) is 10.8. The molecule has 4 aromatic rings. The molecule has 39 heavy (non-hydrogen) atoms. The Morgan fingerprint density at radius 1 is 1.21 bits per heavy atom. The first-order valence-electron chi connectivity index (χ1n) is 12.8. The third kappa shape index (κ3) is 5.48. The van der Waals surface area contributed by atoms with Crippen LogP contribution in [0.3, 0.4) is 0 Å². The van der Waals surface area contributed by atoms with Crippen LogP contribution in [0.25, 0.3) is 33.2 Å². The number of hydrogen-bond donors (Lipinski definition) is 2. The summed E-state index contributed by atoms with van der Waals surface area (Å²) in [6.07, 6.45) is 3.28. The average Bonchev–Trinajstić information content (AvgIpc) is 3.60. The Morgan fingerprint density at radius 2 is 1.97 bits per heavy atom. The highest BCUT2D eigenvalue weighted by molar-refractivity contribution is 5.92. The lowest BCUT2D eigenvalue weighted by Crippen LogP contribution is -2.32. The zero-order chi connectivity index (χ0) is 27.9. The fourth-order valence-corrected chi connectivity index (χ4v) is 4.47. The van der Waals surface area contributed by atoms with E-state index < -0.39 is 11.7 Å². The number of rotatable bonds is 6. The average molecular weight is 527 g/mol. The molecule has 2 aromatic carbocycles. The van der Waals surface area contributed by atoms with Gasteiger partial charge >= 0.3 is 6.09 Å². The number of nitrogens with zero attached hydrogens (tertiary/aromatic N) is 4. The monoisotopic (exact) mass is 526 g/mol. The zero-order valence-electron chi connectivity index (χ0n) is 22.6. The van der Waals surface area contributed by atoms with Crippen LogP contribution in [0.4, 0.5) is 4.79 Å². The molecule has 1 fully saturated rings. The van der Waals surface area contributed by atoms with Crippen LogP contribution >= 0.6 is 0 Å². The minimum absolute atomic E-state index is 0.0594. The summed E-state index contributed by atoms with van der Waals surface area (Å²) in [6, 6.07) is 11.6. The summed E-state index contributed by atoms with van der Waals surface area (Å²) in [5.41, 5.74) is 3.97. The Morgan fingerprint density at radius 3 is 2.67 bits per heavy atom. The van der Waals surface area contributed by atoms with Crippen molar-refractivity contribution in [1.82, 2.24) is 25.3 Å². The lowest BCUT2D eigenvalue weighted by Gasteiger charge is -2.19. The minimum Gasteiger partial charge on any atom is -0.489 e. The predicted molar refractivity (Wildman–Crippen MR) is 146 cm³/mol. The molecule has 0 saturated heterocycles. The van der Waals surface area contributed by atoms with Crippen molar-refractivity contribution in [1.29, 1.82) is 5.26 Å². The number of nitriles is 1. The molecule has 2 aromatic heterocycles. The fraction of sp³-hybridized carbons (Fsp3) is 0.345. The minimum atomic E-state index is -0.643. The van der Waals surface area contributed by atoms with E-state index in [1.807, 2.05) is 38.2 Å². The molecule has 0 aliphatic heterocycles. The summed E-state index contributed by atoms with van der Waals surface area (Å²) >= 11 is 0. The van der Waals surface area contributed by atoms with Crippen molar-refractivity contribution in [3.63, 3.8) is 0 Å². The van der Waals surface area contributed by atoms with Gasteiger partial charge in [-0.2, -0.15) is 15.5 Å². The van der Waals surface area contributed by atoms with E-state index >= 15 is 0 Å². The van der Waals surface area contributed by atoms with Gasteiger partial charge in [0.05, 0.1) is 35.6 Å². The summed E-state index contributed by atoms with van der Waals surface area (Å²) in [7, 11) is 1.83. The molecule has 0 atom stereocenters. The number of nitrogens with one attached hydrogen (secondary N) is 2. The molecule has 1 aliphatic rings. The number of H-pyrrole nitrogens is 1. The number of carbonyl (C=O) groups is 1. The van der Waals surface area contributed by atoms with Crippen molar-refractivity contribution in [3.8, 4) is 34.2 Å². The molecular formula is C29H30N6O4. The molecule has 0 bridgehead atoms. The van der Waals surface area contributed by atoms with E-state index in [2.05, 4.69) is 26.7 Å². The normalized spacial score (nSPS) is 13.2. The zero-order valence-corrected chi connectivity index (χ0v) is 22.6.